The van der Waals surface area contributed by atoms with Crippen molar-refractivity contribution in [3.8, 4) is 5.75 Å². The minimum Gasteiger partial charge on any atom is -0.486 e. The van der Waals surface area contributed by atoms with Gasteiger partial charge in [0.2, 0.25) is 5.91 Å². The molecule has 29 heavy (non-hydrogen) atoms. The smallest absolute Gasteiger partial charge is 0.271 e. The minimum atomic E-state index is -0.193. The number of aryl methyl sites for hydroxylation is 2. The van der Waals surface area contributed by atoms with E-state index < -0.39 is 0 Å². The van der Waals surface area contributed by atoms with Gasteiger partial charge in [-0.25, -0.2) is 4.98 Å². The van der Waals surface area contributed by atoms with E-state index in [1.807, 2.05) is 32.9 Å². The van der Waals surface area contributed by atoms with Gasteiger partial charge in [-0.15, -0.1) is 11.3 Å². The van der Waals surface area contributed by atoms with Crippen molar-refractivity contribution >= 4 is 23.2 Å². The van der Waals surface area contributed by atoms with Crippen LogP contribution < -0.4 is 15.4 Å². The van der Waals surface area contributed by atoms with Gasteiger partial charge in [-0.1, -0.05) is 25.8 Å². The average molecular weight is 416 g/mol. The molecule has 2 atom stereocenters. The van der Waals surface area contributed by atoms with Gasteiger partial charge in [-0.05, 0) is 49.9 Å². The number of amides is 2. The fourth-order valence-electron chi connectivity index (χ4n) is 3.67. The van der Waals surface area contributed by atoms with E-state index in [4.69, 9.17) is 4.74 Å². The van der Waals surface area contributed by atoms with E-state index in [1.54, 1.807) is 5.38 Å². The number of thiazole rings is 1. The second-order valence-corrected chi connectivity index (χ2v) is 8.57. The number of carbonyl (C=O) groups excluding carboxylic acids is 2. The van der Waals surface area contributed by atoms with Crippen LogP contribution in [0.15, 0.2) is 23.6 Å². The molecule has 3 rings (SSSR count). The summed E-state index contributed by atoms with van der Waals surface area (Å²) >= 11 is 1.42. The second kappa shape index (κ2) is 9.87. The highest BCUT2D eigenvalue weighted by molar-refractivity contribution is 7.09. The van der Waals surface area contributed by atoms with E-state index in [-0.39, 0.29) is 23.9 Å². The third-order valence-electron chi connectivity index (χ3n) is 5.09. The average Bonchev–Trinajstić information content (AvgIpc) is 3.16. The third kappa shape index (κ3) is 6.03. The molecular weight excluding hydrogens is 386 g/mol. The van der Waals surface area contributed by atoms with Crippen LogP contribution in [0.4, 0.5) is 0 Å². The zero-order chi connectivity index (χ0) is 20.8. The lowest BCUT2D eigenvalue weighted by Crippen LogP contribution is -2.53. The summed E-state index contributed by atoms with van der Waals surface area (Å²) in [5.41, 5.74) is 2.70. The van der Waals surface area contributed by atoms with Crippen molar-refractivity contribution < 1.29 is 14.3 Å². The van der Waals surface area contributed by atoms with E-state index in [9.17, 15) is 9.59 Å². The summed E-state index contributed by atoms with van der Waals surface area (Å²) in [4.78, 5) is 28.9. The first-order valence-electron chi connectivity index (χ1n) is 10.2. The highest BCUT2D eigenvalue weighted by atomic mass is 32.1. The van der Waals surface area contributed by atoms with Crippen LogP contribution in [0, 0.1) is 13.8 Å². The predicted octanol–water partition coefficient (Wildman–Crippen LogP) is 3.91. The Balaban J connectivity index is 1.57. The molecule has 0 spiro atoms. The lowest BCUT2D eigenvalue weighted by Gasteiger charge is -2.32. The second-order valence-electron chi connectivity index (χ2n) is 7.63. The van der Waals surface area contributed by atoms with E-state index in [0.717, 1.165) is 47.6 Å². The zero-order valence-corrected chi connectivity index (χ0v) is 18.1. The zero-order valence-electron chi connectivity index (χ0n) is 17.3. The highest BCUT2D eigenvalue weighted by Gasteiger charge is 2.28. The summed E-state index contributed by atoms with van der Waals surface area (Å²) in [7, 11) is 0. The Hall–Kier alpha value is -2.41. The van der Waals surface area contributed by atoms with Gasteiger partial charge in [0.15, 0.2) is 0 Å². The Morgan fingerprint density at radius 2 is 1.76 bits per heavy atom. The van der Waals surface area contributed by atoms with Gasteiger partial charge in [-0.2, -0.15) is 0 Å². The van der Waals surface area contributed by atoms with Crippen molar-refractivity contribution in [3.63, 3.8) is 0 Å². The van der Waals surface area contributed by atoms with Crippen molar-refractivity contribution in [2.24, 2.45) is 0 Å². The molecule has 1 fully saturated rings. The Kier molecular flexibility index (Phi) is 7.25. The topological polar surface area (TPSA) is 80.3 Å². The van der Waals surface area contributed by atoms with Gasteiger partial charge >= 0.3 is 0 Å². The number of ether oxygens (including phenoxy) is 1. The summed E-state index contributed by atoms with van der Waals surface area (Å²) in [6.07, 6.45) is 4.33. The Labute approximate surface area is 176 Å². The van der Waals surface area contributed by atoms with E-state index in [0.29, 0.717) is 18.7 Å². The number of aromatic nitrogens is 1. The first kappa shape index (κ1) is 21.3. The van der Waals surface area contributed by atoms with Crippen molar-refractivity contribution in [1.82, 2.24) is 15.6 Å². The lowest BCUT2D eigenvalue weighted by atomic mass is 9.90. The number of hydrogen-bond acceptors (Lipinski definition) is 5. The molecular formula is C22H29N3O3S. The molecule has 0 aliphatic heterocycles. The number of rotatable bonds is 7. The Morgan fingerprint density at radius 3 is 2.41 bits per heavy atom. The number of nitrogens with one attached hydrogen (secondary N) is 2. The number of nitrogens with zero attached hydrogens (tertiary/aromatic N) is 1. The molecule has 1 aromatic heterocycles. The molecule has 1 heterocycles. The molecule has 6 nitrogen and oxygen atoms in total. The summed E-state index contributed by atoms with van der Waals surface area (Å²) < 4.78 is 5.84. The van der Waals surface area contributed by atoms with Gasteiger partial charge in [0, 0.05) is 23.9 Å². The van der Waals surface area contributed by atoms with Gasteiger partial charge in [0.25, 0.3) is 5.91 Å². The van der Waals surface area contributed by atoms with Crippen LogP contribution in [0.25, 0.3) is 0 Å². The SMILES string of the molecule is CCC(=O)N[C@@H]1CCCC[C@@H]1NC(=O)c1csc(COc2cc(C)cc(C)c2)n1. The van der Waals surface area contributed by atoms with E-state index >= 15 is 0 Å². The van der Waals surface area contributed by atoms with Crippen LogP contribution in [-0.4, -0.2) is 28.9 Å². The molecule has 2 amide bonds. The predicted molar refractivity (Wildman–Crippen MR) is 114 cm³/mol. The first-order chi connectivity index (χ1) is 13.9. The van der Waals surface area contributed by atoms with Gasteiger partial charge in [-0.3, -0.25) is 9.59 Å². The quantitative estimate of drug-likeness (QED) is 0.719. The molecule has 1 aliphatic rings. The molecule has 0 bridgehead atoms. The van der Waals surface area contributed by atoms with Crippen molar-refractivity contribution in [2.75, 3.05) is 0 Å². The number of carbonyl (C=O) groups is 2. The molecule has 7 heteroatoms. The maximum absolute atomic E-state index is 12.7. The van der Waals surface area contributed by atoms with Gasteiger partial charge in [0.05, 0.1) is 0 Å². The summed E-state index contributed by atoms with van der Waals surface area (Å²) in [6, 6.07) is 6.01. The molecule has 0 saturated heterocycles. The maximum atomic E-state index is 12.7. The normalized spacial score (nSPS) is 18.9. The Bertz CT molecular complexity index is 844. The largest absolute Gasteiger partial charge is 0.486 e. The number of hydrogen-bond donors (Lipinski definition) is 2. The van der Waals surface area contributed by atoms with Crippen LogP contribution >= 0.6 is 11.3 Å². The minimum absolute atomic E-state index is 0.00820. The first-order valence-corrected chi connectivity index (χ1v) is 11.1. The molecule has 2 N–H and O–H groups in total. The van der Waals surface area contributed by atoms with Crippen molar-refractivity contribution in [3.05, 3.63) is 45.4 Å². The highest BCUT2D eigenvalue weighted by Crippen LogP contribution is 2.21. The molecule has 2 aromatic rings. The Morgan fingerprint density at radius 1 is 1.10 bits per heavy atom. The molecule has 0 unspecified atom stereocenters. The van der Waals surface area contributed by atoms with Crippen LogP contribution in [-0.2, 0) is 11.4 Å². The molecule has 1 aromatic carbocycles. The van der Waals surface area contributed by atoms with E-state index in [2.05, 4.69) is 21.7 Å². The molecule has 156 valence electrons. The molecule has 0 radical (unpaired) electrons. The lowest BCUT2D eigenvalue weighted by molar-refractivity contribution is -0.121. The van der Waals surface area contributed by atoms with E-state index in [1.165, 1.54) is 11.3 Å². The fraction of sp³-hybridized carbons (Fsp3) is 0.500. The van der Waals surface area contributed by atoms with Crippen LogP contribution in [0.5, 0.6) is 5.75 Å². The molecule has 1 aliphatic carbocycles. The monoisotopic (exact) mass is 415 g/mol. The van der Waals surface area contributed by atoms with Crippen LogP contribution in [0.2, 0.25) is 0 Å². The molecule has 1 saturated carbocycles. The fourth-order valence-corrected chi connectivity index (χ4v) is 4.36. The summed E-state index contributed by atoms with van der Waals surface area (Å²) in [5, 5.41) is 8.62. The standard InChI is InChI=1S/C22H29N3O3S/c1-4-20(26)23-17-7-5-6-8-18(17)25-22(27)19-13-29-21(24-19)12-28-16-10-14(2)9-15(3)11-16/h9-11,13,17-18H,4-8,12H2,1-3H3,(H,23,26)(H,25,27)/t17-,18+/m1/s1. The van der Waals surface area contributed by atoms with Crippen LogP contribution in [0.1, 0.15) is 65.7 Å². The summed E-state index contributed by atoms with van der Waals surface area (Å²) in [6.45, 7) is 6.24. The van der Waals surface area contributed by atoms with Crippen molar-refractivity contribution in [2.45, 2.75) is 71.6 Å². The third-order valence-corrected chi connectivity index (χ3v) is 5.91. The van der Waals surface area contributed by atoms with Crippen molar-refractivity contribution in [1.29, 1.82) is 0 Å². The summed E-state index contributed by atoms with van der Waals surface area (Å²) in [5.74, 6) is 0.637. The maximum Gasteiger partial charge on any atom is 0.271 e. The van der Waals surface area contributed by atoms with Gasteiger partial charge in [0.1, 0.15) is 23.1 Å². The van der Waals surface area contributed by atoms with Crippen LogP contribution in [0.3, 0.4) is 0 Å². The van der Waals surface area contributed by atoms with Gasteiger partial charge < -0.3 is 15.4 Å². The number of benzene rings is 1.